The number of likely N-dealkylation sites (tertiary alicyclic amines) is 1. The van der Waals surface area contributed by atoms with Crippen molar-refractivity contribution in [3.8, 4) is 17.2 Å². The van der Waals surface area contributed by atoms with E-state index in [-0.39, 0.29) is 16.9 Å². The number of hydrogen-bond donors (Lipinski definition) is 2. The summed E-state index contributed by atoms with van der Waals surface area (Å²) >= 11 is 0. The molecule has 1 unspecified atom stereocenters. The number of aliphatic hydroxyl groups is 1. The first kappa shape index (κ1) is 26.1. The summed E-state index contributed by atoms with van der Waals surface area (Å²) in [5, 5.41) is 21.7. The van der Waals surface area contributed by atoms with E-state index in [1.807, 2.05) is 27.7 Å². The van der Waals surface area contributed by atoms with Gasteiger partial charge in [-0.1, -0.05) is 31.5 Å². The maximum absolute atomic E-state index is 13.3. The Labute approximate surface area is 206 Å². The summed E-state index contributed by atoms with van der Waals surface area (Å²) in [5.41, 5.74) is 1.42. The molecule has 35 heavy (non-hydrogen) atoms. The number of benzene rings is 2. The van der Waals surface area contributed by atoms with E-state index in [0.717, 1.165) is 18.7 Å². The predicted octanol–water partition coefficient (Wildman–Crippen LogP) is 3.87. The summed E-state index contributed by atoms with van der Waals surface area (Å²) in [6.07, 6.45) is 0. The van der Waals surface area contributed by atoms with E-state index in [1.165, 1.54) is 18.1 Å². The molecule has 1 amide bonds. The minimum absolute atomic E-state index is 0.0679. The molecule has 8 heteroatoms. The Hall–Kier alpha value is -3.52. The summed E-state index contributed by atoms with van der Waals surface area (Å²) in [5.74, 6) is -1.07. The number of aromatic hydroxyl groups is 1. The topological polar surface area (TPSA) is 99.5 Å². The fourth-order valence-electron chi connectivity index (χ4n) is 4.36. The summed E-state index contributed by atoms with van der Waals surface area (Å²) in [7, 11) is 1.52. The van der Waals surface area contributed by atoms with Crippen LogP contribution in [-0.2, 0) is 9.59 Å². The molecule has 0 aromatic heterocycles. The number of amides is 1. The Morgan fingerprint density at radius 2 is 1.77 bits per heavy atom. The molecule has 8 nitrogen and oxygen atoms in total. The van der Waals surface area contributed by atoms with Gasteiger partial charge in [0.15, 0.2) is 11.5 Å². The average molecular weight is 483 g/mol. The van der Waals surface area contributed by atoms with Gasteiger partial charge in [0.05, 0.1) is 30.9 Å². The lowest BCUT2D eigenvalue weighted by Crippen LogP contribution is -2.38. The number of ketones is 1. The number of nitrogens with zero attached hydrogens (tertiary/aromatic N) is 2. The van der Waals surface area contributed by atoms with Crippen LogP contribution in [0.4, 0.5) is 0 Å². The van der Waals surface area contributed by atoms with Gasteiger partial charge < -0.3 is 29.5 Å². The molecule has 0 spiro atoms. The highest BCUT2D eigenvalue weighted by Gasteiger charge is 2.46. The first-order valence-electron chi connectivity index (χ1n) is 11.9. The lowest BCUT2D eigenvalue weighted by molar-refractivity contribution is -0.140. The summed E-state index contributed by atoms with van der Waals surface area (Å²) < 4.78 is 11.1. The molecule has 1 saturated heterocycles. The quantitative estimate of drug-likeness (QED) is 0.301. The number of carbonyl (C=O) groups is 2. The predicted molar refractivity (Wildman–Crippen MR) is 134 cm³/mol. The van der Waals surface area contributed by atoms with Crippen molar-refractivity contribution in [3.63, 3.8) is 0 Å². The monoisotopic (exact) mass is 482 g/mol. The van der Waals surface area contributed by atoms with Crippen molar-refractivity contribution >= 4 is 17.4 Å². The Morgan fingerprint density at radius 1 is 1.06 bits per heavy atom. The zero-order valence-corrected chi connectivity index (χ0v) is 21.0. The molecule has 0 aliphatic carbocycles. The fourth-order valence-corrected chi connectivity index (χ4v) is 4.36. The summed E-state index contributed by atoms with van der Waals surface area (Å²) in [4.78, 5) is 30.1. The van der Waals surface area contributed by atoms with Crippen molar-refractivity contribution in [3.05, 3.63) is 58.7 Å². The molecule has 0 bridgehead atoms. The minimum atomic E-state index is -0.852. The van der Waals surface area contributed by atoms with Gasteiger partial charge in [-0.05, 0) is 56.8 Å². The fraction of sp³-hybridized carbons (Fsp3) is 0.407. The van der Waals surface area contributed by atoms with Gasteiger partial charge in [-0.25, -0.2) is 0 Å². The molecule has 1 atom stereocenters. The third-order valence-corrected chi connectivity index (χ3v) is 6.30. The van der Waals surface area contributed by atoms with Crippen LogP contribution in [0.5, 0.6) is 17.2 Å². The van der Waals surface area contributed by atoms with E-state index in [1.54, 1.807) is 30.3 Å². The van der Waals surface area contributed by atoms with Crippen LogP contribution in [0.25, 0.3) is 5.76 Å². The van der Waals surface area contributed by atoms with Crippen molar-refractivity contribution in [2.45, 2.75) is 33.7 Å². The number of methoxy groups -OCH3 is 1. The lowest BCUT2D eigenvalue weighted by atomic mass is 9.94. The summed E-state index contributed by atoms with van der Waals surface area (Å²) in [6, 6.07) is 9.10. The number of carbonyl (C=O) groups excluding carboxylic acids is 2. The van der Waals surface area contributed by atoms with Crippen molar-refractivity contribution < 1.29 is 29.3 Å². The van der Waals surface area contributed by atoms with Crippen molar-refractivity contribution in [1.82, 2.24) is 9.80 Å². The second-order valence-corrected chi connectivity index (χ2v) is 8.38. The number of aliphatic hydroxyl groups excluding tert-OH is 1. The van der Waals surface area contributed by atoms with E-state index in [0.29, 0.717) is 36.8 Å². The molecule has 1 fully saturated rings. The standard InChI is InChI=1S/C27H34N2O6/c1-6-28(7-2)13-14-29-24(18-10-12-21(35-8-3)22(16-18)34-5)23(26(32)27(29)33)25(31)19-15-17(4)9-11-20(19)30/h9-12,15-16,24,30-31H,6-8,13-14H2,1-5H3. The Balaban J connectivity index is 2.19. The third kappa shape index (κ3) is 5.27. The zero-order chi connectivity index (χ0) is 25.7. The Morgan fingerprint density at radius 3 is 2.40 bits per heavy atom. The molecule has 3 rings (SSSR count). The van der Waals surface area contributed by atoms with Crippen LogP contribution in [0, 0.1) is 6.92 Å². The smallest absolute Gasteiger partial charge is 0.295 e. The number of aryl methyl sites for hydroxylation is 1. The second kappa shape index (κ2) is 11.3. The highest BCUT2D eigenvalue weighted by atomic mass is 16.5. The van der Waals surface area contributed by atoms with Gasteiger partial charge in [0.1, 0.15) is 11.5 Å². The first-order valence-corrected chi connectivity index (χ1v) is 11.9. The van der Waals surface area contributed by atoms with Crippen molar-refractivity contribution in [2.75, 3.05) is 39.9 Å². The van der Waals surface area contributed by atoms with E-state index < -0.39 is 23.5 Å². The van der Waals surface area contributed by atoms with Gasteiger partial charge in [-0.2, -0.15) is 0 Å². The molecule has 1 aliphatic heterocycles. The molecule has 188 valence electrons. The Kier molecular flexibility index (Phi) is 8.40. The molecule has 2 aromatic rings. The first-order chi connectivity index (χ1) is 16.8. The molecule has 0 saturated carbocycles. The lowest BCUT2D eigenvalue weighted by Gasteiger charge is -2.28. The maximum atomic E-state index is 13.3. The van der Waals surface area contributed by atoms with E-state index in [4.69, 9.17) is 9.47 Å². The van der Waals surface area contributed by atoms with Crippen molar-refractivity contribution in [2.24, 2.45) is 0 Å². The van der Waals surface area contributed by atoms with Gasteiger partial charge in [-0.3, -0.25) is 9.59 Å². The van der Waals surface area contributed by atoms with Crippen molar-refractivity contribution in [1.29, 1.82) is 0 Å². The van der Waals surface area contributed by atoms with Crippen LogP contribution in [0.15, 0.2) is 42.0 Å². The number of rotatable bonds is 10. The normalized spacial score (nSPS) is 17.3. The molecule has 1 aliphatic rings. The van der Waals surface area contributed by atoms with E-state index >= 15 is 0 Å². The molecule has 2 N–H and O–H groups in total. The van der Waals surface area contributed by atoms with Crippen LogP contribution in [0.3, 0.4) is 0 Å². The van der Waals surface area contributed by atoms with Crippen LogP contribution in [0.1, 0.15) is 43.5 Å². The number of likely N-dealkylation sites (N-methyl/N-ethyl adjacent to an activating group) is 1. The van der Waals surface area contributed by atoms with Gasteiger partial charge >= 0.3 is 0 Å². The minimum Gasteiger partial charge on any atom is -0.507 e. The Bertz CT molecular complexity index is 1120. The number of phenols is 1. The highest BCUT2D eigenvalue weighted by molar-refractivity contribution is 6.46. The number of phenolic OH excluding ortho intramolecular Hbond substituents is 1. The van der Waals surface area contributed by atoms with Crippen LogP contribution in [-0.4, -0.2) is 71.6 Å². The van der Waals surface area contributed by atoms with Crippen LogP contribution >= 0.6 is 0 Å². The second-order valence-electron chi connectivity index (χ2n) is 8.38. The maximum Gasteiger partial charge on any atom is 0.295 e. The van der Waals surface area contributed by atoms with Gasteiger partial charge in [0.2, 0.25) is 0 Å². The van der Waals surface area contributed by atoms with Gasteiger partial charge in [0, 0.05) is 13.1 Å². The van der Waals surface area contributed by atoms with Gasteiger partial charge in [0.25, 0.3) is 11.7 Å². The molecular weight excluding hydrogens is 448 g/mol. The molecular formula is C27H34N2O6. The third-order valence-electron chi connectivity index (χ3n) is 6.30. The largest absolute Gasteiger partial charge is 0.507 e. The van der Waals surface area contributed by atoms with Crippen LogP contribution < -0.4 is 9.47 Å². The zero-order valence-electron chi connectivity index (χ0n) is 21.0. The SMILES string of the molecule is CCOc1ccc(C2C(=C(O)c3cc(C)ccc3O)C(=O)C(=O)N2CCN(CC)CC)cc1OC. The van der Waals surface area contributed by atoms with E-state index in [2.05, 4.69) is 4.90 Å². The highest BCUT2D eigenvalue weighted by Crippen LogP contribution is 2.43. The van der Waals surface area contributed by atoms with E-state index in [9.17, 15) is 19.8 Å². The number of Topliss-reactive ketones (excluding diaryl/α,β-unsaturated/α-hetero) is 1. The molecule has 1 heterocycles. The summed E-state index contributed by atoms with van der Waals surface area (Å²) in [6.45, 7) is 10.7. The number of ether oxygens (including phenoxy) is 2. The van der Waals surface area contributed by atoms with Gasteiger partial charge in [-0.15, -0.1) is 0 Å². The molecule has 2 aromatic carbocycles. The average Bonchev–Trinajstić information content (AvgIpc) is 3.11. The number of hydrogen-bond acceptors (Lipinski definition) is 7. The molecule has 0 radical (unpaired) electrons. The van der Waals surface area contributed by atoms with Crippen LogP contribution in [0.2, 0.25) is 0 Å².